The molecular formula is C19H23F4N3O4S. The topological polar surface area (TPSA) is 90.9 Å². The summed E-state index contributed by atoms with van der Waals surface area (Å²) in [4.78, 5) is 11.5. The Morgan fingerprint density at radius 3 is 2.74 bits per heavy atom. The summed E-state index contributed by atoms with van der Waals surface area (Å²) in [6.45, 7) is 0.294. The van der Waals surface area contributed by atoms with Crippen molar-refractivity contribution >= 4 is 22.8 Å². The number of fused-ring (bicyclic) bond motifs is 1. The molecule has 1 saturated heterocycles. The van der Waals surface area contributed by atoms with Crippen LogP contribution in [-0.4, -0.2) is 46.8 Å². The first-order valence-corrected chi connectivity index (χ1v) is 11.2. The fraction of sp³-hybridized carbons (Fsp3) is 0.632. The average Bonchev–Trinajstić information content (AvgIpc) is 2.97. The van der Waals surface area contributed by atoms with Gasteiger partial charge in [0.1, 0.15) is 18.0 Å². The number of carbonyl (C=O) groups excluding carboxylic acids is 1. The number of phenolic OH excluding ortho intramolecular Hbond substituents is 1. The van der Waals surface area contributed by atoms with Crippen LogP contribution in [0.2, 0.25) is 0 Å². The van der Waals surface area contributed by atoms with Gasteiger partial charge in [-0.05, 0) is 68.2 Å². The van der Waals surface area contributed by atoms with Crippen molar-refractivity contribution in [1.82, 2.24) is 10.0 Å². The molecule has 4 rings (SSSR count). The lowest BCUT2D eigenvalue weighted by Crippen LogP contribution is -2.40. The molecule has 2 fully saturated rings. The van der Waals surface area contributed by atoms with E-state index in [-0.39, 0.29) is 29.9 Å². The summed E-state index contributed by atoms with van der Waals surface area (Å²) in [7, 11) is 0. The fourth-order valence-electron chi connectivity index (χ4n) is 4.47. The molecule has 1 aromatic rings. The SMILES string of the molecule is O=C1CN(c2c(O)cc3c(c2F)CC(NCCC2CC(OC(F)(F)F)C2)CC3)S(=O)N1. The van der Waals surface area contributed by atoms with Crippen molar-refractivity contribution in [3.63, 3.8) is 0 Å². The van der Waals surface area contributed by atoms with Crippen molar-refractivity contribution in [1.29, 1.82) is 0 Å². The van der Waals surface area contributed by atoms with Gasteiger partial charge in [-0.15, -0.1) is 13.2 Å². The van der Waals surface area contributed by atoms with Crippen LogP contribution in [-0.2, 0) is 33.5 Å². The van der Waals surface area contributed by atoms with Crippen LogP contribution in [0.5, 0.6) is 5.75 Å². The number of anilines is 1. The number of hydrogen-bond acceptors (Lipinski definition) is 5. The number of halogens is 4. The molecule has 1 aliphatic heterocycles. The molecule has 1 saturated carbocycles. The van der Waals surface area contributed by atoms with Gasteiger partial charge in [0.25, 0.3) is 5.91 Å². The quantitative estimate of drug-likeness (QED) is 0.561. The molecule has 3 N–H and O–H groups in total. The van der Waals surface area contributed by atoms with E-state index in [1.807, 2.05) is 0 Å². The third-order valence-electron chi connectivity index (χ3n) is 6.04. The largest absolute Gasteiger partial charge is 0.522 e. The molecule has 172 valence electrons. The number of alkyl halides is 3. The number of benzene rings is 1. The van der Waals surface area contributed by atoms with Gasteiger partial charge in [0.2, 0.25) is 11.2 Å². The number of aromatic hydroxyl groups is 1. The molecule has 3 aliphatic rings. The van der Waals surface area contributed by atoms with E-state index < -0.39 is 35.4 Å². The minimum atomic E-state index is -4.59. The Kier molecular flexibility index (Phi) is 6.14. The number of amides is 1. The molecule has 1 heterocycles. The molecule has 7 nitrogen and oxygen atoms in total. The lowest BCUT2D eigenvalue weighted by atomic mass is 9.80. The van der Waals surface area contributed by atoms with Crippen LogP contribution < -0.4 is 14.3 Å². The van der Waals surface area contributed by atoms with Crippen molar-refractivity contribution in [3.8, 4) is 5.75 Å². The summed E-state index contributed by atoms with van der Waals surface area (Å²) < 4.78 is 70.9. The van der Waals surface area contributed by atoms with Crippen LogP contribution in [0.4, 0.5) is 23.2 Å². The highest BCUT2D eigenvalue weighted by molar-refractivity contribution is 7.85. The number of nitrogens with one attached hydrogen (secondary N) is 2. The normalized spacial score (nSPS) is 28.3. The third kappa shape index (κ3) is 4.96. The summed E-state index contributed by atoms with van der Waals surface area (Å²) in [5.74, 6) is -1.38. The van der Waals surface area contributed by atoms with Gasteiger partial charge >= 0.3 is 6.36 Å². The summed E-state index contributed by atoms with van der Waals surface area (Å²) in [6.07, 6.45) is -2.24. The molecule has 0 radical (unpaired) electrons. The molecule has 2 aliphatic carbocycles. The molecule has 12 heteroatoms. The minimum absolute atomic E-state index is 0.0227. The molecule has 2 atom stereocenters. The first-order chi connectivity index (χ1) is 14.6. The van der Waals surface area contributed by atoms with E-state index in [0.717, 1.165) is 10.7 Å². The number of rotatable bonds is 6. The Hall–Kier alpha value is -1.92. The van der Waals surface area contributed by atoms with Crippen LogP contribution in [0.1, 0.15) is 36.8 Å². The average molecular weight is 465 g/mol. The lowest BCUT2D eigenvalue weighted by Gasteiger charge is -2.36. The van der Waals surface area contributed by atoms with Crippen LogP contribution in [0.3, 0.4) is 0 Å². The van der Waals surface area contributed by atoms with Gasteiger partial charge in [0, 0.05) is 6.04 Å². The van der Waals surface area contributed by atoms with Crippen molar-refractivity contribution in [2.24, 2.45) is 5.92 Å². The van der Waals surface area contributed by atoms with E-state index >= 15 is 4.39 Å². The van der Waals surface area contributed by atoms with E-state index in [0.29, 0.717) is 49.8 Å². The highest BCUT2D eigenvalue weighted by atomic mass is 32.2. The third-order valence-corrected chi connectivity index (χ3v) is 7.16. The van der Waals surface area contributed by atoms with Gasteiger partial charge in [-0.25, -0.2) is 8.60 Å². The van der Waals surface area contributed by atoms with Crippen LogP contribution >= 0.6 is 0 Å². The number of nitrogens with zero attached hydrogens (tertiary/aromatic N) is 1. The second-order valence-electron chi connectivity index (χ2n) is 8.21. The smallest absolute Gasteiger partial charge is 0.506 e. The second-order valence-corrected chi connectivity index (χ2v) is 9.36. The zero-order valence-corrected chi connectivity index (χ0v) is 17.3. The minimum Gasteiger partial charge on any atom is -0.506 e. The molecule has 0 bridgehead atoms. The number of ether oxygens (including phenoxy) is 1. The second kappa shape index (κ2) is 8.55. The van der Waals surface area contributed by atoms with Gasteiger partial charge in [0.15, 0.2) is 5.82 Å². The maximum atomic E-state index is 15.2. The van der Waals surface area contributed by atoms with Crippen molar-refractivity contribution < 1.29 is 36.4 Å². The highest BCUT2D eigenvalue weighted by Gasteiger charge is 2.40. The maximum Gasteiger partial charge on any atom is 0.522 e. The number of phenols is 1. The standard InChI is InChI=1S/C19H23F4N3O4S/c20-17-14-8-12(24-4-3-10-5-13(6-10)30-19(21,22)23)2-1-11(14)7-15(27)18(17)26-9-16(28)25-31(26)29/h7,10,12-13,24,27H,1-6,8-9H2,(H,25,28). The molecule has 1 amide bonds. The van der Waals surface area contributed by atoms with E-state index in [2.05, 4.69) is 14.8 Å². The van der Waals surface area contributed by atoms with Crippen LogP contribution in [0.15, 0.2) is 6.07 Å². The zero-order chi connectivity index (χ0) is 22.3. The first kappa shape index (κ1) is 22.3. The predicted octanol–water partition coefficient (Wildman–Crippen LogP) is 2.20. The number of carbonyl (C=O) groups is 1. The van der Waals surface area contributed by atoms with E-state index in [1.165, 1.54) is 6.07 Å². The Labute approximate surface area is 178 Å². The number of aryl methyl sites for hydroxylation is 1. The Morgan fingerprint density at radius 1 is 1.35 bits per heavy atom. The molecule has 2 unspecified atom stereocenters. The number of hydrogen-bond donors (Lipinski definition) is 3. The molecular weight excluding hydrogens is 442 g/mol. The van der Waals surface area contributed by atoms with Crippen molar-refractivity contribution in [3.05, 3.63) is 23.0 Å². The monoisotopic (exact) mass is 465 g/mol. The van der Waals surface area contributed by atoms with Gasteiger partial charge < -0.3 is 10.4 Å². The fourth-order valence-corrected chi connectivity index (χ4v) is 5.42. The summed E-state index contributed by atoms with van der Waals surface area (Å²) in [5, 5.41) is 13.6. The predicted molar refractivity (Wildman–Crippen MR) is 104 cm³/mol. The first-order valence-electron chi connectivity index (χ1n) is 10.1. The van der Waals surface area contributed by atoms with Crippen molar-refractivity contribution in [2.45, 2.75) is 57.0 Å². The Morgan fingerprint density at radius 2 is 2.10 bits per heavy atom. The van der Waals surface area contributed by atoms with E-state index in [9.17, 15) is 27.3 Å². The molecule has 0 spiro atoms. The maximum absolute atomic E-state index is 15.2. The van der Waals surface area contributed by atoms with Crippen molar-refractivity contribution in [2.75, 3.05) is 17.4 Å². The van der Waals surface area contributed by atoms with Gasteiger partial charge in [-0.3, -0.25) is 18.6 Å². The molecule has 31 heavy (non-hydrogen) atoms. The highest BCUT2D eigenvalue weighted by Crippen LogP contribution is 2.39. The Balaban J connectivity index is 1.33. The summed E-state index contributed by atoms with van der Waals surface area (Å²) in [6, 6.07) is 1.43. The van der Waals surface area contributed by atoms with Gasteiger partial charge in [0.05, 0.1) is 6.10 Å². The summed E-state index contributed by atoms with van der Waals surface area (Å²) in [5.41, 5.74) is 0.837. The van der Waals surface area contributed by atoms with Crippen LogP contribution in [0.25, 0.3) is 0 Å². The van der Waals surface area contributed by atoms with E-state index in [4.69, 9.17) is 0 Å². The Bertz CT molecular complexity index is 892. The molecule has 1 aromatic carbocycles. The summed E-state index contributed by atoms with van der Waals surface area (Å²) >= 11 is -1.95. The van der Waals surface area contributed by atoms with Crippen LogP contribution in [0, 0.1) is 11.7 Å². The van der Waals surface area contributed by atoms with Gasteiger partial charge in [-0.2, -0.15) is 0 Å². The zero-order valence-electron chi connectivity index (χ0n) is 16.5. The molecule has 0 aromatic heterocycles. The van der Waals surface area contributed by atoms with E-state index in [1.54, 1.807) is 0 Å². The lowest BCUT2D eigenvalue weighted by molar-refractivity contribution is -0.354. The van der Waals surface area contributed by atoms with Gasteiger partial charge in [-0.1, -0.05) is 0 Å².